The largest absolute Gasteiger partial charge is 0.344 e. The van der Waals surface area contributed by atoms with Crippen molar-refractivity contribution < 1.29 is 0 Å². The van der Waals surface area contributed by atoms with Gasteiger partial charge in [0.2, 0.25) is 0 Å². The molecule has 0 fully saturated rings. The molecule has 11 rings (SSSR count). The van der Waals surface area contributed by atoms with Crippen molar-refractivity contribution in [3.05, 3.63) is 266 Å². The number of anilines is 5. The zero-order valence-corrected chi connectivity index (χ0v) is 36.9. The summed E-state index contributed by atoms with van der Waals surface area (Å²) in [6.07, 6.45) is 9.65. The van der Waals surface area contributed by atoms with Crippen LogP contribution in [0.1, 0.15) is 11.1 Å². The lowest BCUT2D eigenvalue weighted by Gasteiger charge is -2.27. The Hall–Kier alpha value is -8.46. The van der Waals surface area contributed by atoms with E-state index >= 15 is 0 Å². The van der Waals surface area contributed by atoms with Crippen LogP contribution in [0.4, 0.5) is 28.4 Å². The number of nitrogens with zero attached hydrogens (tertiary/aromatic N) is 2. The number of hydrogen-bond donors (Lipinski definition) is 0. The molecule has 10 aromatic rings. The van der Waals surface area contributed by atoms with Gasteiger partial charge in [0.25, 0.3) is 0 Å². The van der Waals surface area contributed by atoms with E-state index in [0.29, 0.717) is 0 Å². The third kappa shape index (κ3) is 7.91. The van der Waals surface area contributed by atoms with Crippen molar-refractivity contribution in [2.45, 2.75) is 6.42 Å². The molecule has 0 heterocycles. The van der Waals surface area contributed by atoms with E-state index in [1.165, 1.54) is 72.0 Å². The molecule has 1 aliphatic rings. The van der Waals surface area contributed by atoms with Crippen molar-refractivity contribution in [2.24, 2.45) is 0 Å². The van der Waals surface area contributed by atoms with Crippen LogP contribution in [0.15, 0.2) is 255 Å². The Balaban J connectivity index is 1.03. The standard InChI is InChI=1S/C64H48N2/c1-65(53-26-8-4-9-27-53)64-45-51-23-12-11-22-50(51)44-63(64)62-33-16-15-32-61(62)52-25-17-28-56(43-52)66(55-41-37-49(38-42-55)60-34-18-24-47-21-7-3-10-29-57(47)60)54-39-35-48(36-40-54)59-31-14-13-30-58(59)46-19-5-2-6-20-46/h2-28,30-45H,29H2,1H3. The smallest absolute Gasteiger partial charge is 0.0494 e. The summed E-state index contributed by atoms with van der Waals surface area (Å²) in [6.45, 7) is 0. The first-order valence-electron chi connectivity index (χ1n) is 22.8. The van der Waals surface area contributed by atoms with Gasteiger partial charge in [-0.1, -0.05) is 200 Å². The Morgan fingerprint density at radius 1 is 0.333 bits per heavy atom. The van der Waals surface area contributed by atoms with E-state index in [-0.39, 0.29) is 0 Å². The molecule has 0 saturated carbocycles. The van der Waals surface area contributed by atoms with Gasteiger partial charge in [0.15, 0.2) is 0 Å². The molecule has 2 nitrogen and oxygen atoms in total. The van der Waals surface area contributed by atoms with Crippen LogP contribution < -0.4 is 9.80 Å². The molecule has 10 aromatic carbocycles. The summed E-state index contributed by atoms with van der Waals surface area (Å²) in [5.74, 6) is 0. The van der Waals surface area contributed by atoms with Crippen molar-refractivity contribution in [3.8, 4) is 55.6 Å². The Morgan fingerprint density at radius 2 is 0.833 bits per heavy atom. The first kappa shape index (κ1) is 40.3. The molecule has 0 aromatic heterocycles. The summed E-state index contributed by atoms with van der Waals surface area (Å²) in [6, 6.07) is 86.1. The minimum atomic E-state index is 0.906. The average Bonchev–Trinajstić information content (AvgIpc) is 3.65. The van der Waals surface area contributed by atoms with Gasteiger partial charge >= 0.3 is 0 Å². The molecule has 0 amide bonds. The lowest BCUT2D eigenvalue weighted by atomic mass is 9.91. The highest BCUT2D eigenvalue weighted by Gasteiger charge is 2.20. The SMILES string of the molecule is CN(c1ccccc1)c1cc2ccccc2cc1-c1ccccc1-c1cccc(N(c2ccc(-c3ccccc3-c3ccccc3)cc2)c2ccc(-c3cccc4c3CC=CC=C4)cc2)c1. The summed E-state index contributed by atoms with van der Waals surface area (Å²) in [5, 5.41) is 2.43. The predicted molar refractivity (Wildman–Crippen MR) is 282 cm³/mol. The van der Waals surface area contributed by atoms with Crippen LogP contribution in [-0.2, 0) is 6.42 Å². The Kier molecular flexibility index (Phi) is 11.0. The van der Waals surface area contributed by atoms with E-state index in [9.17, 15) is 0 Å². The van der Waals surface area contributed by atoms with E-state index in [2.05, 4.69) is 278 Å². The van der Waals surface area contributed by atoms with Gasteiger partial charge in [0.1, 0.15) is 0 Å². The molecule has 314 valence electrons. The molecule has 0 atom stereocenters. The van der Waals surface area contributed by atoms with E-state index in [4.69, 9.17) is 0 Å². The molecule has 0 bridgehead atoms. The van der Waals surface area contributed by atoms with Crippen molar-refractivity contribution in [1.29, 1.82) is 0 Å². The predicted octanol–water partition coefficient (Wildman–Crippen LogP) is 17.5. The fraction of sp³-hybridized carbons (Fsp3) is 0.0312. The second-order valence-corrected chi connectivity index (χ2v) is 16.9. The van der Waals surface area contributed by atoms with Crippen LogP contribution in [0, 0.1) is 0 Å². The Labute approximate surface area is 388 Å². The molecular weight excluding hydrogens is 797 g/mol. The van der Waals surface area contributed by atoms with Crippen LogP contribution in [-0.4, -0.2) is 7.05 Å². The Bertz CT molecular complexity index is 3380. The lowest BCUT2D eigenvalue weighted by Crippen LogP contribution is -2.11. The molecule has 0 saturated heterocycles. The van der Waals surface area contributed by atoms with Gasteiger partial charge in [-0.2, -0.15) is 0 Å². The average molecular weight is 845 g/mol. The normalized spacial score (nSPS) is 11.8. The van der Waals surface area contributed by atoms with Gasteiger partial charge in [-0.15, -0.1) is 0 Å². The van der Waals surface area contributed by atoms with Gasteiger partial charge < -0.3 is 9.80 Å². The maximum absolute atomic E-state index is 2.39. The van der Waals surface area contributed by atoms with Crippen molar-refractivity contribution in [2.75, 3.05) is 16.8 Å². The van der Waals surface area contributed by atoms with E-state index in [0.717, 1.165) is 40.4 Å². The minimum absolute atomic E-state index is 0.906. The summed E-state index contributed by atoms with van der Waals surface area (Å²) >= 11 is 0. The number of rotatable bonds is 10. The fourth-order valence-electron chi connectivity index (χ4n) is 9.61. The summed E-state index contributed by atoms with van der Waals surface area (Å²) in [7, 11) is 2.17. The van der Waals surface area contributed by atoms with Gasteiger partial charge in [-0.3, -0.25) is 0 Å². The molecule has 0 N–H and O–H groups in total. The molecular formula is C64H48N2. The van der Waals surface area contributed by atoms with Gasteiger partial charge in [0.05, 0.1) is 0 Å². The minimum Gasteiger partial charge on any atom is -0.344 e. The molecule has 66 heavy (non-hydrogen) atoms. The number of para-hydroxylation sites is 1. The first-order chi connectivity index (χ1) is 32.7. The third-order valence-corrected chi connectivity index (χ3v) is 12.9. The van der Waals surface area contributed by atoms with Crippen LogP contribution in [0.25, 0.3) is 72.5 Å². The maximum atomic E-state index is 2.39. The second-order valence-electron chi connectivity index (χ2n) is 16.9. The highest BCUT2D eigenvalue weighted by atomic mass is 15.1. The van der Waals surface area contributed by atoms with E-state index in [1.807, 2.05) is 0 Å². The number of fused-ring (bicyclic) bond motifs is 2. The zero-order valence-electron chi connectivity index (χ0n) is 36.9. The summed E-state index contributed by atoms with van der Waals surface area (Å²) in [5.41, 5.74) is 20.2. The topological polar surface area (TPSA) is 6.48 Å². The molecule has 1 aliphatic carbocycles. The number of allylic oxidation sites excluding steroid dienone is 3. The maximum Gasteiger partial charge on any atom is 0.0494 e. The molecule has 0 aliphatic heterocycles. The molecule has 2 heteroatoms. The summed E-state index contributed by atoms with van der Waals surface area (Å²) < 4.78 is 0. The molecule has 0 radical (unpaired) electrons. The van der Waals surface area contributed by atoms with Crippen LogP contribution in [0.5, 0.6) is 0 Å². The summed E-state index contributed by atoms with van der Waals surface area (Å²) in [4.78, 5) is 4.70. The highest BCUT2D eigenvalue weighted by Crippen LogP contribution is 2.44. The number of benzene rings is 10. The van der Waals surface area contributed by atoms with Crippen LogP contribution in [0.3, 0.4) is 0 Å². The number of hydrogen-bond acceptors (Lipinski definition) is 2. The fourth-order valence-corrected chi connectivity index (χ4v) is 9.61. The highest BCUT2D eigenvalue weighted by molar-refractivity contribution is 6.00. The van der Waals surface area contributed by atoms with Crippen LogP contribution >= 0.6 is 0 Å². The zero-order chi connectivity index (χ0) is 44.2. The van der Waals surface area contributed by atoms with E-state index < -0.39 is 0 Å². The molecule has 0 spiro atoms. The third-order valence-electron chi connectivity index (χ3n) is 12.9. The first-order valence-corrected chi connectivity index (χ1v) is 22.8. The van der Waals surface area contributed by atoms with Gasteiger partial charge in [-0.05, 0) is 139 Å². The Morgan fingerprint density at radius 3 is 1.52 bits per heavy atom. The second kappa shape index (κ2) is 18.0. The van der Waals surface area contributed by atoms with Gasteiger partial charge in [0, 0.05) is 41.0 Å². The van der Waals surface area contributed by atoms with Crippen molar-refractivity contribution in [1.82, 2.24) is 0 Å². The van der Waals surface area contributed by atoms with Crippen molar-refractivity contribution >= 4 is 45.3 Å². The van der Waals surface area contributed by atoms with Crippen molar-refractivity contribution in [3.63, 3.8) is 0 Å². The van der Waals surface area contributed by atoms with Gasteiger partial charge in [-0.25, -0.2) is 0 Å². The monoisotopic (exact) mass is 844 g/mol. The molecule has 0 unspecified atom stereocenters. The lowest BCUT2D eigenvalue weighted by molar-refractivity contribution is 1.21. The van der Waals surface area contributed by atoms with E-state index in [1.54, 1.807) is 0 Å². The van der Waals surface area contributed by atoms with Crippen LogP contribution in [0.2, 0.25) is 0 Å². The quantitative estimate of drug-likeness (QED) is 0.135.